The molecule has 1 atom stereocenters. The van der Waals surface area contributed by atoms with E-state index in [2.05, 4.69) is 5.32 Å². The molecule has 3 rings (SSSR count). The van der Waals surface area contributed by atoms with E-state index in [1.165, 1.54) is 0 Å². The summed E-state index contributed by atoms with van der Waals surface area (Å²) in [5.74, 6) is 0.613. The van der Waals surface area contributed by atoms with Gasteiger partial charge in [-0.2, -0.15) is 0 Å². The Balaban J connectivity index is 1.54. The number of ether oxygens (including phenoxy) is 2. The molecule has 1 aliphatic heterocycles. The SMILES string of the molecule is Nc1ccccc1CCC(=O)Nc1ccccc1OCC1CCCO1. The number of carbonyl (C=O) groups is 1. The number of aryl methyl sites for hydroxylation is 1. The first-order valence-corrected chi connectivity index (χ1v) is 8.69. The van der Waals surface area contributed by atoms with Gasteiger partial charge in [-0.25, -0.2) is 0 Å². The van der Waals surface area contributed by atoms with Crippen LogP contribution in [0.25, 0.3) is 0 Å². The van der Waals surface area contributed by atoms with Crippen LogP contribution in [0.15, 0.2) is 48.5 Å². The summed E-state index contributed by atoms with van der Waals surface area (Å²) >= 11 is 0. The monoisotopic (exact) mass is 340 g/mol. The molecular weight excluding hydrogens is 316 g/mol. The second-order valence-corrected chi connectivity index (χ2v) is 6.19. The van der Waals surface area contributed by atoms with E-state index < -0.39 is 0 Å². The van der Waals surface area contributed by atoms with Crippen molar-refractivity contribution in [2.45, 2.75) is 31.8 Å². The molecule has 2 aromatic rings. The average molecular weight is 340 g/mol. The fraction of sp³-hybridized carbons (Fsp3) is 0.350. The van der Waals surface area contributed by atoms with Gasteiger partial charge in [0, 0.05) is 18.7 Å². The van der Waals surface area contributed by atoms with Crippen LogP contribution in [0.1, 0.15) is 24.8 Å². The number of carbonyl (C=O) groups excluding carboxylic acids is 1. The van der Waals surface area contributed by atoms with Crippen LogP contribution in [0.3, 0.4) is 0 Å². The smallest absolute Gasteiger partial charge is 0.224 e. The summed E-state index contributed by atoms with van der Waals surface area (Å²) in [5, 5.41) is 2.93. The molecule has 1 aliphatic rings. The maximum atomic E-state index is 12.3. The Morgan fingerprint density at radius 1 is 1.20 bits per heavy atom. The van der Waals surface area contributed by atoms with E-state index in [0.717, 1.165) is 30.7 Å². The number of amides is 1. The van der Waals surface area contributed by atoms with Crippen LogP contribution < -0.4 is 15.8 Å². The summed E-state index contributed by atoms with van der Waals surface area (Å²) in [6.07, 6.45) is 3.22. The zero-order valence-corrected chi connectivity index (χ0v) is 14.2. The lowest BCUT2D eigenvalue weighted by molar-refractivity contribution is -0.116. The fourth-order valence-electron chi connectivity index (χ4n) is 2.88. The molecule has 1 heterocycles. The van der Waals surface area contributed by atoms with Gasteiger partial charge in [-0.3, -0.25) is 4.79 Å². The van der Waals surface area contributed by atoms with Crippen molar-refractivity contribution in [2.75, 3.05) is 24.3 Å². The average Bonchev–Trinajstić information content (AvgIpc) is 3.14. The van der Waals surface area contributed by atoms with Crippen molar-refractivity contribution < 1.29 is 14.3 Å². The van der Waals surface area contributed by atoms with E-state index in [1.54, 1.807) is 0 Å². The number of para-hydroxylation sites is 3. The predicted octanol–water partition coefficient (Wildman–Crippen LogP) is 3.40. The highest BCUT2D eigenvalue weighted by Gasteiger charge is 2.17. The normalized spacial score (nSPS) is 16.6. The molecule has 25 heavy (non-hydrogen) atoms. The van der Waals surface area contributed by atoms with Crippen LogP contribution in [0.5, 0.6) is 5.75 Å². The van der Waals surface area contributed by atoms with Gasteiger partial charge in [0.1, 0.15) is 12.4 Å². The minimum absolute atomic E-state index is 0.0589. The van der Waals surface area contributed by atoms with Gasteiger partial charge in [0.05, 0.1) is 11.8 Å². The highest BCUT2D eigenvalue weighted by Crippen LogP contribution is 2.25. The molecule has 5 nitrogen and oxygen atoms in total. The van der Waals surface area contributed by atoms with Crippen molar-refractivity contribution in [3.05, 3.63) is 54.1 Å². The van der Waals surface area contributed by atoms with Crippen molar-refractivity contribution >= 4 is 17.3 Å². The number of nitrogen functional groups attached to an aromatic ring is 1. The number of benzene rings is 2. The fourth-order valence-corrected chi connectivity index (χ4v) is 2.88. The van der Waals surface area contributed by atoms with Crippen LogP contribution in [0.2, 0.25) is 0 Å². The van der Waals surface area contributed by atoms with Gasteiger partial charge in [0.25, 0.3) is 0 Å². The van der Waals surface area contributed by atoms with Gasteiger partial charge >= 0.3 is 0 Å². The van der Waals surface area contributed by atoms with Gasteiger partial charge in [-0.15, -0.1) is 0 Å². The highest BCUT2D eigenvalue weighted by atomic mass is 16.5. The Morgan fingerprint density at radius 2 is 2.00 bits per heavy atom. The van der Waals surface area contributed by atoms with Gasteiger partial charge in [-0.1, -0.05) is 30.3 Å². The topological polar surface area (TPSA) is 73.6 Å². The van der Waals surface area contributed by atoms with E-state index in [1.807, 2.05) is 48.5 Å². The number of anilines is 2. The summed E-state index contributed by atoms with van der Waals surface area (Å²) in [7, 11) is 0. The van der Waals surface area contributed by atoms with Crippen LogP contribution in [-0.4, -0.2) is 25.2 Å². The first-order valence-electron chi connectivity index (χ1n) is 8.69. The largest absolute Gasteiger partial charge is 0.489 e. The Labute approximate surface area is 148 Å². The van der Waals surface area contributed by atoms with E-state index in [0.29, 0.717) is 30.9 Å². The van der Waals surface area contributed by atoms with E-state index in [4.69, 9.17) is 15.2 Å². The molecule has 0 spiro atoms. The lowest BCUT2D eigenvalue weighted by atomic mass is 10.1. The summed E-state index contributed by atoms with van der Waals surface area (Å²) in [6, 6.07) is 15.1. The zero-order chi connectivity index (χ0) is 17.5. The number of nitrogens with one attached hydrogen (secondary N) is 1. The number of rotatable bonds is 7. The Hall–Kier alpha value is -2.53. The Bertz CT molecular complexity index is 712. The van der Waals surface area contributed by atoms with Crippen LogP contribution in [0.4, 0.5) is 11.4 Å². The molecule has 0 aromatic heterocycles. The Kier molecular flexibility index (Phi) is 5.90. The second kappa shape index (κ2) is 8.53. The first-order chi connectivity index (χ1) is 12.2. The van der Waals surface area contributed by atoms with E-state index in [9.17, 15) is 4.79 Å². The number of hydrogen-bond donors (Lipinski definition) is 2. The van der Waals surface area contributed by atoms with Crippen LogP contribution in [0, 0.1) is 0 Å². The van der Waals surface area contributed by atoms with Gasteiger partial charge in [0.15, 0.2) is 0 Å². The standard InChI is InChI=1S/C20H24N2O3/c21-17-8-2-1-6-15(17)11-12-20(23)22-18-9-3-4-10-19(18)25-14-16-7-5-13-24-16/h1-4,6,8-10,16H,5,7,11-14,21H2,(H,22,23). The Morgan fingerprint density at radius 3 is 2.80 bits per heavy atom. The molecule has 1 amide bonds. The number of nitrogens with two attached hydrogens (primary N) is 1. The second-order valence-electron chi connectivity index (χ2n) is 6.19. The van der Waals surface area contributed by atoms with Gasteiger partial charge in [0.2, 0.25) is 5.91 Å². The maximum absolute atomic E-state index is 12.3. The molecule has 5 heteroatoms. The summed E-state index contributed by atoms with van der Waals surface area (Å²) in [4.78, 5) is 12.3. The van der Waals surface area contributed by atoms with Crippen molar-refractivity contribution in [1.82, 2.24) is 0 Å². The van der Waals surface area contributed by atoms with Crippen LogP contribution >= 0.6 is 0 Å². The summed E-state index contributed by atoms with van der Waals surface area (Å²) in [6.45, 7) is 1.31. The third-order valence-electron chi connectivity index (χ3n) is 4.29. The molecule has 0 radical (unpaired) electrons. The predicted molar refractivity (Wildman–Crippen MR) is 98.7 cm³/mol. The van der Waals surface area contributed by atoms with E-state index >= 15 is 0 Å². The molecule has 3 N–H and O–H groups in total. The molecule has 0 aliphatic carbocycles. The van der Waals surface area contributed by atoms with Crippen molar-refractivity contribution in [3.8, 4) is 5.75 Å². The van der Waals surface area contributed by atoms with Gasteiger partial charge < -0.3 is 20.5 Å². The third-order valence-corrected chi connectivity index (χ3v) is 4.29. The molecule has 132 valence electrons. The lowest BCUT2D eigenvalue weighted by Crippen LogP contribution is -2.18. The zero-order valence-electron chi connectivity index (χ0n) is 14.2. The van der Waals surface area contributed by atoms with Gasteiger partial charge in [-0.05, 0) is 43.0 Å². The first kappa shape index (κ1) is 17.3. The highest BCUT2D eigenvalue weighted by molar-refractivity contribution is 5.92. The lowest BCUT2D eigenvalue weighted by Gasteiger charge is -2.15. The molecule has 2 aromatic carbocycles. The summed E-state index contributed by atoms with van der Waals surface area (Å²) in [5.41, 5.74) is 8.31. The molecule has 1 fully saturated rings. The molecule has 0 bridgehead atoms. The third kappa shape index (κ3) is 4.97. The van der Waals surface area contributed by atoms with E-state index in [-0.39, 0.29) is 12.0 Å². The van der Waals surface area contributed by atoms with Crippen molar-refractivity contribution in [1.29, 1.82) is 0 Å². The molecular formula is C20H24N2O3. The minimum Gasteiger partial charge on any atom is -0.489 e. The quantitative estimate of drug-likeness (QED) is 0.758. The number of hydrogen-bond acceptors (Lipinski definition) is 4. The van der Waals surface area contributed by atoms with Crippen molar-refractivity contribution in [3.63, 3.8) is 0 Å². The van der Waals surface area contributed by atoms with Crippen LogP contribution in [-0.2, 0) is 16.0 Å². The summed E-state index contributed by atoms with van der Waals surface area (Å²) < 4.78 is 11.4. The van der Waals surface area contributed by atoms with Crippen molar-refractivity contribution in [2.24, 2.45) is 0 Å². The maximum Gasteiger partial charge on any atom is 0.224 e. The molecule has 0 saturated carbocycles. The molecule has 1 saturated heterocycles. The minimum atomic E-state index is -0.0589. The molecule has 1 unspecified atom stereocenters.